The molecule has 1 aliphatic heterocycles. The number of hydrogen-bond donors (Lipinski definition) is 1. The third-order valence-corrected chi connectivity index (χ3v) is 4.09. The lowest BCUT2D eigenvalue weighted by molar-refractivity contribution is 0.168. The quantitative estimate of drug-likeness (QED) is 0.923. The van der Waals surface area contributed by atoms with Crippen molar-refractivity contribution < 1.29 is 13.9 Å². The highest BCUT2D eigenvalue weighted by Crippen LogP contribution is 2.21. The Bertz CT molecular complexity index is 698. The molecule has 1 fully saturated rings. The molecule has 1 amide bonds. The van der Waals surface area contributed by atoms with Gasteiger partial charge in [0.2, 0.25) is 0 Å². The van der Waals surface area contributed by atoms with Crippen LogP contribution in [0.25, 0.3) is 0 Å². The molecule has 2 aromatic rings. The van der Waals surface area contributed by atoms with Crippen molar-refractivity contribution in [1.29, 1.82) is 0 Å². The zero-order chi connectivity index (χ0) is 17.6. The number of amides is 1. The fourth-order valence-corrected chi connectivity index (χ4v) is 2.79. The normalized spacial score (nSPS) is 14.3. The molecule has 1 aromatic carbocycles. The molecule has 25 heavy (non-hydrogen) atoms. The second-order valence-corrected chi connectivity index (χ2v) is 5.70. The number of aromatic nitrogens is 1. The van der Waals surface area contributed by atoms with Gasteiger partial charge in [0.15, 0.2) is 0 Å². The van der Waals surface area contributed by atoms with Crippen molar-refractivity contribution in [3.8, 4) is 0 Å². The Balaban J connectivity index is 1.55. The first kappa shape index (κ1) is 17.0. The van der Waals surface area contributed by atoms with Crippen molar-refractivity contribution in [2.45, 2.75) is 6.92 Å². The molecule has 1 N–H and O–H groups in total. The van der Waals surface area contributed by atoms with Crippen LogP contribution in [0.2, 0.25) is 0 Å². The van der Waals surface area contributed by atoms with Gasteiger partial charge in [-0.25, -0.2) is 14.2 Å². The number of nitrogens with zero attached hydrogens (tertiary/aromatic N) is 3. The van der Waals surface area contributed by atoms with Gasteiger partial charge in [0.05, 0.1) is 18.5 Å². The van der Waals surface area contributed by atoms with Crippen LogP contribution in [-0.4, -0.2) is 43.9 Å². The van der Waals surface area contributed by atoms with Crippen LogP contribution < -0.4 is 15.1 Å². The molecule has 3 rings (SSSR count). The molecule has 0 aliphatic carbocycles. The lowest BCUT2D eigenvalue weighted by Crippen LogP contribution is -2.46. The number of piperazine rings is 1. The number of benzene rings is 1. The van der Waals surface area contributed by atoms with Crippen LogP contribution in [0.1, 0.15) is 6.92 Å². The summed E-state index contributed by atoms with van der Waals surface area (Å²) in [7, 11) is 0. The third kappa shape index (κ3) is 4.37. The molecule has 1 saturated heterocycles. The van der Waals surface area contributed by atoms with Crippen LogP contribution in [0, 0.1) is 5.82 Å². The van der Waals surface area contributed by atoms with Crippen LogP contribution >= 0.6 is 0 Å². The Kier molecular flexibility index (Phi) is 5.33. The van der Waals surface area contributed by atoms with Gasteiger partial charge >= 0.3 is 6.09 Å². The van der Waals surface area contributed by atoms with Crippen LogP contribution in [0.4, 0.5) is 26.4 Å². The van der Waals surface area contributed by atoms with E-state index in [0.717, 1.165) is 37.6 Å². The van der Waals surface area contributed by atoms with E-state index in [9.17, 15) is 9.18 Å². The standard InChI is InChI=1S/C18H21FN4O2/c1-2-25-18(24)21-17-8-7-16(13-20-17)23-11-9-22(10-12-23)15-5-3-14(19)4-6-15/h3-8,13H,2,9-12H2,1H3,(H,20,21,24). The van der Waals surface area contributed by atoms with Gasteiger partial charge in [-0.1, -0.05) is 0 Å². The molecule has 6 nitrogen and oxygen atoms in total. The zero-order valence-corrected chi connectivity index (χ0v) is 14.1. The van der Waals surface area contributed by atoms with E-state index >= 15 is 0 Å². The Hall–Kier alpha value is -2.83. The van der Waals surface area contributed by atoms with Crippen molar-refractivity contribution >= 4 is 23.3 Å². The summed E-state index contributed by atoms with van der Waals surface area (Å²) in [5.74, 6) is 0.247. The van der Waals surface area contributed by atoms with Gasteiger partial charge in [0.25, 0.3) is 0 Å². The number of carbonyl (C=O) groups is 1. The minimum atomic E-state index is -0.504. The van der Waals surface area contributed by atoms with E-state index in [-0.39, 0.29) is 5.82 Å². The molecule has 1 aliphatic rings. The lowest BCUT2D eigenvalue weighted by Gasteiger charge is -2.37. The van der Waals surface area contributed by atoms with E-state index in [1.807, 2.05) is 18.2 Å². The summed E-state index contributed by atoms with van der Waals surface area (Å²) in [6.07, 6.45) is 1.24. The molecule has 0 spiro atoms. The first-order valence-corrected chi connectivity index (χ1v) is 8.31. The SMILES string of the molecule is CCOC(=O)Nc1ccc(N2CCN(c3ccc(F)cc3)CC2)cn1. The smallest absolute Gasteiger partial charge is 0.412 e. The topological polar surface area (TPSA) is 57.7 Å². The largest absolute Gasteiger partial charge is 0.450 e. The van der Waals surface area contributed by atoms with E-state index < -0.39 is 6.09 Å². The van der Waals surface area contributed by atoms with Gasteiger partial charge in [-0.3, -0.25) is 5.32 Å². The van der Waals surface area contributed by atoms with Crippen LogP contribution in [-0.2, 0) is 4.74 Å². The van der Waals surface area contributed by atoms with Crippen molar-refractivity contribution in [2.24, 2.45) is 0 Å². The van der Waals surface area contributed by atoms with Crippen molar-refractivity contribution in [3.05, 3.63) is 48.4 Å². The Morgan fingerprint density at radius 1 is 1.08 bits per heavy atom. The lowest BCUT2D eigenvalue weighted by atomic mass is 10.2. The highest BCUT2D eigenvalue weighted by atomic mass is 19.1. The molecule has 7 heteroatoms. The molecule has 0 atom stereocenters. The average Bonchev–Trinajstić information content (AvgIpc) is 2.63. The number of anilines is 3. The summed E-state index contributed by atoms with van der Waals surface area (Å²) in [6.45, 7) is 5.49. The van der Waals surface area contributed by atoms with Gasteiger partial charge in [-0.05, 0) is 43.3 Å². The summed E-state index contributed by atoms with van der Waals surface area (Å²) in [5.41, 5.74) is 2.04. The molecule has 0 unspecified atom stereocenters. The molecular weight excluding hydrogens is 323 g/mol. The second kappa shape index (κ2) is 7.83. The average molecular weight is 344 g/mol. The molecule has 2 heterocycles. The van der Waals surface area contributed by atoms with Crippen molar-refractivity contribution in [3.63, 3.8) is 0 Å². The molecular formula is C18H21FN4O2. The Morgan fingerprint density at radius 2 is 1.68 bits per heavy atom. The molecule has 0 saturated carbocycles. The number of pyridine rings is 1. The first-order chi connectivity index (χ1) is 12.2. The van der Waals surface area contributed by atoms with Gasteiger partial charge in [-0.2, -0.15) is 0 Å². The number of nitrogens with one attached hydrogen (secondary N) is 1. The van der Waals surface area contributed by atoms with Crippen LogP contribution in [0.15, 0.2) is 42.6 Å². The second-order valence-electron chi connectivity index (χ2n) is 5.70. The van der Waals surface area contributed by atoms with Crippen LogP contribution in [0.5, 0.6) is 0 Å². The van der Waals surface area contributed by atoms with E-state index in [1.165, 1.54) is 12.1 Å². The predicted octanol–water partition coefficient (Wildman–Crippen LogP) is 3.12. The number of rotatable bonds is 4. The van der Waals surface area contributed by atoms with Gasteiger partial charge in [0, 0.05) is 31.9 Å². The van der Waals surface area contributed by atoms with Gasteiger partial charge in [0.1, 0.15) is 11.6 Å². The third-order valence-electron chi connectivity index (χ3n) is 4.09. The van der Waals surface area contributed by atoms with Crippen LogP contribution in [0.3, 0.4) is 0 Å². The van der Waals surface area contributed by atoms with Gasteiger partial charge in [-0.15, -0.1) is 0 Å². The van der Waals surface area contributed by atoms with Crippen molar-refractivity contribution in [2.75, 3.05) is 47.9 Å². The van der Waals surface area contributed by atoms with E-state index in [0.29, 0.717) is 12.4 Å². The number of ether oxygens (including phenoxy) is 1. The van der Waals surface area contributed by atoms with E-state index in [1.54, 1.807) is 19.2 Å². The Morgan fingerprint density at radius 3 is 2.24 bits per heavy atom. The van der Waals surface area contributed by atoms with Crippen molar-refractivity contribution in [1.82, 2.24) is 4.98 Å². The molecule has 0 radical (unpaired) electrons. The number of halogens is 1. The van der Waals surface area contributed by atoms with E-state index in [2.05, 4.69) is 20.1 Å². The van der Waals surface area contributed by atoms with E-state index in [4.69, 9.17) is 4.74 Å². The summed E-state index contributed by atoms with van der Waals surface area (Å²) < 4.78 is 17.8. The molecule has 132 valence electrons. The minimum absolute atomic E-state index is 0.218. The fraction of sp³-hybridized carbons (Fsp3) is 0.333. The molecule has 0 bridgehead atoms. The summed E-state index contributed by atoms with van der Waals surface area (Å²) in [6, 6.07) is 10.3. The maximum absolute atomic E-state index is 13.0. The number of carbonyl (C=O) groups excluding carboxylic acids is 1. The fourth-order valence-electron chi connectivity index (χ4n) is 2.79. The summed E-state index contributed by atoms with van der Waals surface area (Å²) in [4.78, 5) is 20.1. The maximum Gasteiger partial charge on any atom is 0.412 e. The Labute approximate surface area is 146 Å². The highest BCUT2D eigenvalue weighted by Gasteiger charge is 2.18. The summed E-state index contributed by atoms with van der Waals surface area (Å²) >= 11 is 0. The maximum atomic E-state index is 13.0. The monoisotopic (exact) mass is 344 g/mol. The zero-order valence-electron chi connectivity index (χ0n) is 14.1. The molecule has 1 aromatic heterocycles. The number of hydrogen-bond acceptors (Lipinski definition) is 5. The minimum Gasteiger partial charge on any atom is -0.450 e. The summed E-state index contributed by atoms with van der Waals surface area (Å²) in [5, 5.41) is 2.58. The van der Waals surface area contributed by atoms with Gasteiger partial charge < -0.3 is 14.5 Å². The highest BCUT2D eigenvalue weighted by molar-refractivity contribution is 5.83. The predicted molar refractivity (Wildman–Crippen MR) is 95.7 cm³/mol. The first-order valence-electron chi connectivity index (χ1n) is 8.31.